The molecule has 2 heterocycles. The minimum absolute atomic E-state index is 0.0818. The Labute approximate surface area is 158 Å². The Morgan fingerprint density at radius 3 is 2.68 bits per heavy atom. The fourth-order valence-corrected chi connectivity index (χ4v) is 3.98. The lowest BCUT2D eigenvalue weighted by molar-refractivity contribution is -0.119. The van der Waals surface area contributed by atoms with Crippen molar-refractivity contribution in [1.82, 2.24) is 20.5 Å². The molecule has 25 heavy (non-hydrogen) atoms. The number of aryl methyl sites for hydroxylation is 1. The molecule has 128 valence electrons. The van der Waals surface area contributed by atoms with Crippen LogP contribution in [0.25, 0.3) is 0 Å². The molecular formula is C17H15ClN4OS2. The Morgan fingerprint density at radius 2 is 2.04 bits per heavy atom. The van der Waals surface area contributed by atoms with E-state index >= 15 is 0 Å². The van der Waals surface area contributed by atoms with E-state index in [0.29, 0.717) is 5.02 Å². The van der Waals surface area contributed by atoms with Crippen molar-refractivity contribution in [3.05, 3.63) is 69.9 Å². The van der Waals surface area contributed by atoms with E-state index in [1.807, 2.05) is 43.3 Å². The summed E-state index contributed by atoms with van der Waals surface area (Å²) >= 11 is 8.83. The van der Waals surface area contributed by atoms with E-state index in [2.05, 4.69) is 20.5 Å². The molecule has 0 fully saturated rings. The summed E-state index contributed by atoms with van der Waals surface area (Å²) in [6.45, 7) is 1.89. The Kier molecular flexibility index (Phi) is 6.01. The van der Waals surface area contributed by atoms with Crippen LogP contribution in [0.5, 0.6) is 0 Å². The SMILES string of the molecule is Cc1nnc(SCC(=O)N[C@@H](c2ccc(Cl)cc2)c2cccnc2)s1. The first-order valence-electron chi connectivity index (χ1n) is 7.49. The molecule has 0 bridgehead atoms. The zero-order chi connectivity index (χ0) is 17.6. The molecule has 3 aromatic rings. The van der Waals surface area contributed by atoms with Gasteiger partial charge in [-0.05, 0) is 36.2 Å². The number of pyridine rings is 1. The van der Waals surface area contributed by atoms with Gasteiger partial charge in [-0.25, -0.2) is 0 Å². The second-order valence-corrected chi connectivity index (χ2v) is 8.05. The van der Waals surface area contributed by atoms with Crippen LogP contribution in [0.3, 0.4) is 0 Å². The highest BCUT2D eigenvalue weighted by Crippen LogP contribution is 2.25. The van der Waals surface area contributed by atoms with Gasteiger partial charge in [0.15, 0.2) is 4.34 Å². The summed E-state index contributed by atoms with van der Waals surface area (Å²) in [5, 5.41) is 12.6. The summed E-state index contributed by atoms with van der Waals surface area (Å²) in [6.07, 6.45) is 3.46. The molecule has 1 atom stereocenters. The van der Waals surface area contributed by atoms with Crippen LogP contribution in [0.15, 0.2) is 53.1 Å². The van der Waals surface area contributed by atoms with Crippen LogP contribution in [-0.4, -0.2) is 26.8 Å². The van der Waals surface area contributed by atoms with Crippen LogP contribution in [0.2, 0.25) is 5.02 Å². The van der Waals surface area contributed by atoms with Crippen molar-refractivity contribution in [1.29, 1.82) is 0 Å². The second-order valence-electron chi connectivity index (χ2n) is 5.21. The van der Waals surface area contributed by atoms with Crippen molar-refractivity contribution in [3.63, 3.8) is 0 Å². The maximum Gasteiger partial charge on any atom is 0.231 e. The zero-order valence-corrected chi connectivity index (χ0v) is 15.7. The number of amides is 1. The van der Waals surface area contributed by atoms with Gasteiger partial charge in [0.25, 0.3) is 0 Å². The van der Waals surface area contributed by atoms with E-state index in [0.717, 1.165) is 20.5 Å². The first-order valence-corrected chi connectivity index (χ1v) is 9.67. The first-order chi connectivity index (χ1) is 12.1. The van der Waals surface area contributed by atoms with Crippen molar-refractivity contribution >= 4 is 40.6 Å². The van der Waals surface area contributed by atoms with E-state index in [9.17, 15) is 4.79 Å². The van der Waals surface area contributed by atoms with Gasteiger partial charge in [-0.1, -0.05) is 52.9 Å². The first kappa shape index (κ1) is 17.8. The summed E-state index contributed by atoms with van der Waals surface area (Å²) < 4.78 is 0.789. The summed E-state index contributed by atoms with van der Waals surface area (Å²) in [5.74, 6) is 0.195. The van der Waals surface area contributed by atoms with Gasteiger partial charge in [0.05, 0.1) is 11.8 Å². The van der Waals surface area contributed by atoms with E-state index in [1.54, 1.807) is 12.4 Å². The summed E-state index contributed by atoms with van der Waals surface area (Å²) in [5.41, 5.74) is 1.86. The monoisotopic (exact) mass is 390 g/mol. The molecule has 0 aliphatic heterocycles. The Hall–Kier alpha value is -1.96. The van der Waals surface area contributed by atoms with Crippen molar-refractivity contribution in [3.8, 4) is 0 Å². The molecule has 1 N–H and O–H groups in total. The second kappa shape index (κ2) is 8.42. The summed E-state index contributed by atoms with van der Waals surface area (Å²) in [7, 11) is 0. The molecule has 0 unspecified atom stereocenters. The van der Waals surface area contributed by atoms with Gasteiger partial charge in [-0.15, -0.1) is 10.2 Å². The number of nitrogens with one attached hydrogen (secondary N) is 1. The van der Waals surface area contributed by atoms with Crippen LogP contribution in [-0.2, 0) is 4.79 Å². The molecule has 3 rings (SSSR count). The predicted octanol–water partition coefficient (Wildman–Crippen LogP) is 3.89. The number of carbonyl (C=O) groups is 1. The van der Waals surface area contributed by atoms with Gasteiger partial charge < -0.3 is 5.32 Å². The molecule has 0 saturated heterocycles. The third-order valence-electron chi connectivity index (χ3n) is 3.36. The van der Waals surface area contributed by atoms with Crippen LogP contribution >= 0.6 is 34.7 Å². The third kappa shape index (κ3) is 5.01. The summed E-state index contributed by atoms with van der Waals surface area (Å²) in [6, 6.07) is 10.9. The van der Waals surface area contributed by atoms with Gasteiger partial charge >= 0.3 is 0 Å². The van der Waals surface area contributed by atoms with E-state index in [-0.39, 0.29) is 17.7 Å². The number of carbonyl (C=O) groups excluding carboxylic acids is 1. The maximum atomic E-state index is 12.4. The fourth-order valence-electron chi connectivity index (χ4n) is 2.23. The number of benzene rings is 1. The normalized spacial score (nSPS) is 11.9. The van der Waals surface area contributed by atoms with Crippen LogP contribution in [0.4, 0.5) is 0 Å². The number of halogens is 1. The van der Waals surface area contributed by atoms with Crippen molar-refractivity contribution in [2.75, 3.05) is 5.75 Å². The quantitative estimate of drug-likeness (QED) is 0.646. The van der Waals surface area contributed by atoms with Crippen molar-refractivity contribution < 1.29 is 4.79 Å². The lowest BCUT2D eigenvalue weighted by Crippen LogP contribution is -2.30. The predicted molar refractivity (Wildman–Crippen MR) is 101 cm³/mol. The molecule has 8 heteroatoms. The molecule has 5 nitrogen and oxygen atoms in total. The lowest BCUT2D eigenvalue weighted by Gasteiger charge is -2.19. The zero-order valence-electron chi connectivity index (χ0n) is 13.3. The molecule has 0 aliphatic carbocycles. The van der Waals surface area contributed by atoms with Gasteiger partial charge in [-0.3, -0.25) is 9.78 Å². The number of rotatable bonds is 6. The Balaban J connectivity index is 1.73. The van der Waals surface area contributed by atoms with Crippen LogP contribution in [0, 0.1) is 6.92 Å². The minimum atomic E-state index is -0.282. The Bertz CT molecular complexity index is 839. The molecule has 1 aromatic carbocycles. The maximum absolute atomic E-state index is 12.4. The number of nitrogens with zero attached hydrogens (tertiary/aromatic N) is 3. The largest absolute Gasteiger partial charge is 0.344 e. The van der Waals surface area contributed by atoms with E-state index < -0.39 is 0 Å². The highest BCUT2D eigenvalue weighted by Gasteiger charge is 2.17. The van der Waals surface area contributed by atoms with Crippen LogP contribution < -0.4 is 5.32 Å². The van der Waals surface area contributed by atoms with Crippen LogP contribution in [0.1, 0.15) is 22.2 Å². The molecule has 0 spiro atoms. The average molecular weight is 391 g/mol. The van der Waals surface area contributed by atoms with Gasteiger partial charge in [0.1, 0.15) is 5.01 Å². The number of aromatic nitrogens is 3. The van der Waals surface area contributed by atoms with E-state index in [4.69, 9.17) is 11.6 Å². The fraction of sp³-hybridized carbons (Fsp3) is 0.176. The van der Waals surface area contributed by atoms with E-state index in [1.165, 1.54) is 23.1 Å². The van der Waals surface area contributed by atoms with Crippen molar-refractivity contribution in [2.45, 2.75) is 17.3 Å². The molecule has 1 amide bonds. The highest BCUT2D eigenvalue weighted by molar-refractivity contribution is 8.01. The lowest BCUT2D eigenvalue weighted by atomic mass is 10.0. The number of hydrogen-bond donors (Lipinski definition) is 1. The summed E-state index contributed by atoms with van der Waals surface area (Å²) in [4.78, 5) is 16.6. The minimum Gasteiger partial charge on any atom is -0.344 e. The highest BCUT2D eigenvalue weighted by atomic mass is 35.5. The number of thioether (sulfide) groups is 1. The topological polar surface area (TPSA) is 67.8 Å². The average Bonchev–Trinajstić information content (AvgIpc) is 3.05. The third-order valence-corrected chi connectivity index (χ3v) is 5.58. The molecule has 0 aliphatic rings. The van der Waals surface area contributed by atoms with Crippen molar-refractivity contribution in [2.24, 2.45) is 0 Å². The molecule has 2 aromatic heterocycles. The smallest absolute Gasteiger partial charge is 0.231 e. The van der Waals surface area contributed by atoms with Gasteiger partial charge in [0.2, 0.25) is 5.91 Å². The molecular weight excluding hydrogens is 376 g/mol. The molecule has 0 saturated carbocycles. The standard InChI is InChI=1S/C17H15ClN4OS2/c1-11-21-22-17(25-11)24-10-15(23)20-16(13-3-2-8-19-9-13)12-4-6-14(18)7-5-12/h2-9,16H,10H2,1H3,(H,20,23)/t16-/m0/s1. The molecule has 0 radical (unpaired) electrons. The van der Waals surface area contributed by atoms with Gasteiger partial charge in [-0.2, -0.15) is 0 Å². The van der Waals surface area contributed by atoms with Gasteiger partial charge in [0, 0.05) is 17.4 Å². The Morgan fingerprint density at radius 1 is 1.24 bits per heavy atom. The number of hydrogen-bond acceptors (Lipinski definition) is 6.